The molecule has 1 aromatic carbocycles. The normalized spacial score (nSPS) is 18.6. The largest absolute Gasteiger partial charge is 0.369 e. The number of halogens is 2. The molecule has 6 nitrogen and oxygen atoms in total. The lowest BCUT2D eigenvalue weighted by atomic mass is 9.97. The first-order valence-electron chi connectivity index (χ1n) is 8.89. The number of carbonyl (C=O) groups excluding carboxylic acids is 1. The van der Waals surface area contributed by atoms with Gasteiger partial charge in [0.1, 0.15) is 0 Å². The molecule has 8 heteroatoms. The maximum Gasteiger partial charge on any atom is 0.221 e. The number of aliphatic imine (C=N–C) groups is 1. The van der Waals surface area contributed by atoms with Crippen LogP contribution in [0.15, 0.2) is 23.2 Å². The highest BCUT2D eigenvalue weighted by atomic mass is 35.5. The van der Waals surface area contributed by atoms with Gasteiger partial charge in [-0.1, -0.05) is 29.3 Å². The summed E-state index contributed by atoms with van der Waals surface area (Å²) in [5.74, 6) is 0.540. The molecule has 0 bridgehead atoms. The van der Waals surface area contributed by atoms with E-state index in [1.54, 1.807) is 13.1 Å². The Kier molecular flexibility index (Phi) is 8.48. The van der Waals surface area contributed by atoms with Crippen LogP contribution >= 0.6 is 23.2 Å². The van der Waals surface area contributed by atoms with Crippen LogP contribution in [0.5, 0.6) is 0 Å². The van der Waals surface area contributed by atoms with Crippen LogP contribution in [-0.2, 0) is 11.3 Å². The second kappa shape index (κ2) is 10.6. The lowest BCUT2D eigenvalue weighted by Gasteiger charge is -2.31. The molecule has 1 amide bonds. The molecule has 144 valence electrons. The molecule has 0 aliphatic carbocycles. The third kappa shape index (κ3) is 6.67. The summed E-state index contributed by atoms with van der Waals surface area (Å²) in [5, 5.41) is 7.80. The summed E-state index contributed by atoms with van der Waals surface area (Å²) in [6.07, 6.45) is 2.91. The molecule has 1 aromatic rings. The quantitative estimate of drug-likeness (QED) is 0.373. The van der Waals surface area contributed by atoms with E-state index in [1.165, 1.54) is 0 Å². The summed E-state index contributed by atoms with van der Waals surface area (Å²) >= 11 is 12.1. The maximum absolute atomic E-state index is 11.3. The number of hydrogen-bond donors (Lipinski definition) is 3. The van der Waals surface area contributed by atoms with E-state index in [4.69, 9.17) is 28.9 Å². The summed E-state index contributed by atoms with van der Waals surface area (Å²) in [6.45, 7) is 4.12. The van der Waals surface area contributed by atoms with Gasteiger partial charge < -0.3 is 21.3 Å². The van der Waals surface area contributed by atoms with Gasteiger partial charge in [-0.25, -0.2) is 0 Å². The Labute approximate surface area is 165 Å². The van der Waals surface area contributed by atoms with E-state index in [1.807, 2.05) is 12.1 Å². The van der Waals surface area contributed by atoms with Gasteiger partial charge in [0.05, 0.1) is 5.92 Å². The minimum absolute atomic E-state index is 0.00438. The van der Waals surface area contributed by atoms with Gasteiger partial charge in [-0.05, 0) is 50.0 Å². The van der Waals surface area contributed by atoms with Crippen LogP contribution in [0.3, 0.4) is 0 Å². The van der Waals surface area contributed by atoms with Gasteiger partial charge in [-0.3, -0.25) is 9.79 Å². The number of nitrogens with zero attached hydrogens (tertiary/aromatic N) is 2. The molecule has 4 N–H and O–H groups in total. The second-order valence-corrected chi connectivity index (χ2v) is 7.33. The van der Waals surface area contributed by atoms with Crippen molar-refractivity contribution in [2.45, 2.75) is 25.8 Å². The fourth-order valence-corrected chi connectivity index (χ4v) is 3.54. The summed E-state index contributed by atoms with van der Waals surface area (Å²) < 4.78 is 0. The number of benzene rings is 1. The molecule has 1 unspecified atom stereocenters. The topological polar surface area (TPSA) is 82.8 Å². The van der Waals surface area contributed by atoms with E-state index in [2.05, 4.69) is 20.5 Å². The van der Waals surface area contributed by atoms with Gasteiger partial charge >= 0.3 is 0 Å². The predicted molar refractivity (Wildman–Crippen MR) is 108 cm³/mol. The van der Waals surface area contributed by atoms with Crippen LogP contribution in [0.25, 0.3) is 0 Å². The zero-order chi connectivity index (χ0) is 18.9. The van der Waals surface area contributed by atoms with Gasteiger partial charge in [0, 0.05) is 36.7 Å². The lowest BCUT2D eigenvalue weighted by molar-refractivity contribution is -0.123. The van der Waals surface area contributed by atoms with E-state index in [0.29, 0.717) is 16.6 Å². The molecule has 1 aliphatic heterocycles. The molecule has 1 heterocycles. The third-order valence-electron chi connectivity index (χ3n) is 4.54. The number of amides is 1. The maximum atomic E-state index is 11.3. The average Bonchev–Trinajstić information content (AvgIpc) is 2.62. The van der Waals surface area contributed by atoms with Crippen molar-refractivity contribution >= 4 is 35.1 Å². The molecular weight excluding hydrogens is 373 g/mol. The molecule has 0 aromatic heterocycles. The second-order valence-electron chi connectivity index (χ2n) is 6.48. The molecule has 1 fully saturated rings. The SMILES string of the molecule is CN=C(NCCCN1CCCC(C(N)=O)C1)NCc1ccc(Cl)cc1Cl. The van der Waals surface area contributed by atoms with Crippen molar-refractivity contribution in [1.29, 1.82) is 0 Å². The summed E-state index contributed by atoms with van der Waals surface area (Å²) in [4.78, 5) is 17.9. The Morgan fingerprint density at radius 3 is 2.88 bits per heavy atom. The van der Waals surface area contributed by atoms with E-state index < -0.39 is 0 Å². The number of carbonyl (C=O) groups is 1. The van der Waals surface area contributed by atoms with Crippen molar-refractivity contribution in [3.05, 3.63) is 33.8 Å². The number of guanidine groups is 1. The molecule has 1 saturated heterocycles. The van der Waals surface area contributed by atoms with Crippen molar-refractivity contribution in [1.82, 2.24) is 15.5 Å². The van der Waals surface area contributed by atoms with Crippen molar-refractivity contribution in [2.24, 2.45) is 16.6 Å². The molecular formula is C18H27Cl2N5O. The number of hydrogen-bond acceptors (Lipinski definition) is 3. The fourth-order valence-electron chi connectivity index (χ4n) is 3.06. The Morgan fingerprint density at radius 2 is 2.19 bits per heavy atom. The zero-order valence-electron chi connectivity index (χ0n) is 15.1. The Balaban J connectivity index is 1.68. The van der Waals surface area contributed by atoms with E-state index in [9.17, 15) is 4.79 Å². The first-order valence-corrected chi connectivity index (χ1v) is 9.65. The van der Waals surface area contributed by atoms with Crippen LogP contribution in [0.4, 0.5) is 0 Å². The van der Waals surface area contributed by atoms with Gasteiger partial charge in [-0.2, -0.15) is 0 Å². The summed E-state index contributed by atoms with van der Waals surface area (Å²) in [5.41, 5.74) is 6.39. The highest BCUT2D eigenvalue weighted by Crippen LogP contribution is 2.20. The Bertz CT molecular complexity index is 638. The number of nitrogens with one attached hydrogen (secondary N) is 2. The molecule has 1 aliphatic rings. The molecule has 2 rings (SSSR count). The minimum Gasteiger partial charge on any atom is -0.369 e. The Hall–Kier alpha value is -1.50. The predicted octanol–water partition coefficient (Wildman–Crippen LogP) is 2.25. The summed E-state index contributed by atoms with van der Waals surface area (Å²) in [7, 11) is 1.74. The van der Waals surface area contributed by atoms with Crippen molar-refractivity contribution in [2.75, 3.05) is 33.2 Å². The van der Waals surface area contributed by atoms with Gasteiger partial charge in [0.2, 0.25) is 5.91 Å². The molecule has 1 atom stereocenters. The number of rotatable bonds is 7. The van der Waals surface area contributed by atoms with Crippen LogP contribution in [0.1, 0.15) is 24.8 Å². The minimum atomic E-state index is -0.182. The van der Waals surface area contributed by atoms with E-state index in [0.717, 1.165) is 57.0 Å². The van der Waals surface area contributed by atoms with Crippen LogP contribution in [0.2, 0.25) is 10.0 Å². The zero-order valence-corrected chi connectivity index (χ0v) is 16.6. The number of piperidine rings is 1. The van der Waals surface area contributed by atoms with Gasteiger partial charge in [-0.15, -0.1) is 0 Å². The average molecular weight is 400 g/mol. The smallest absolute Gasteiger partial charge is 0.221 e. The number of primary amides is 1. The number of likely N-dealkylation sites (tertiary alicyclic amines) is 1. The monoisotopic (exact) mass is 399 g/mol. The molecule has 0 spiro atoms. The highest BCUT2D eigenvalue weighted by molar-refractivity contribution is 6.35. The molecule has 0 saturated carbocycles. The van der Waals surface area contributed by atoms with Crippen molar-refractivity contribution < 1.29 is 4.79 Å². The third-order valence-corrected chi connectivity index (χ3v) is 5.12. The van der Waals surface area contributed by atoms with Crippen LogP contribution in [0, 0.1) is 5.92 Å². The molecule has 26 heavy (non-hydrogen) atoms. The summed E-state index contributed by atoms with van der Waals surface area (Å²) in [6, 6.07) is 5.45. The van der Waals surface area contributed by atoms with E-state index >= 15 is 0 Å². The van der Waals surface area contributed by atoms with Crippen molar-refractivity contribution in [3.8, 4) is 0 Å². The van der Waals surface area contributed by atoms with Crippen LogP contribution < -0.4 is 16.4 Å². The Morgan fingerprint density at radius 1 is 1.38 bits per heavy atom. The van der Waals surface area contributed by atoms with Crippen LogP contribution in [-0.4, -0.2) is 50.0 Å². The van der Waals surface area contributed by atoms with Gasteiger partial charge in [0.25, 0.3) is 0 Å². The van der Waals surface area contributed by atoms with Gasteiger partial charge in [0.15, 0.2) is 5.96 Å². The first kappa shape index (κ1) is 20.8. The number of nitrogens with two attached hydrogens (primary N) is 1. The molecule has 0 radical (unpaired) electrons. The fraction of sp³-hybridized carbons (Fsp3) is 0.556. The van der Waals surface area contributed by atoms with E-state index in [-0.39, 0.29) is 11.8 Å². The first-order chi connectivity index (χ1) is 12.5. The highest BCUT2D eigenvalue weighted by Gasteiger charge is 2.23. The standard InChI is InChI=1S/C18H27Cl2N5O/c1-22-18(24-11-13-5-6-15(19)10-16(13)20)23-7-3-9-25-8-2-4-14(12-25)17(21)26/h5-6,10,14H,2-4,7-9,11-12H2,1H3,(H2,21,26)(H2,22,23,24). The van der Waals surface area contributed by atoms with Crippen molar-refractivity contribution in [3.63, 3.8) is 0 Å². The lowest BCUT2D eigenvalue weighted by Crippen LogP contribution is -2.42.